The van der Waals surface area contributed by atoms with E-state index in [1.165, 1.54) is 5.56 Å². The average molecular weight is 262 g/mol. The standard InChI is InChI=1S/C13H18N4S/c1-15-4-3-14-13(15)17-7-5-16(6-8-17)10-12-2-9-18-11-12/h2-4,9,11H,5-8,10H2,1H3. The Hall–Kier alpha value is -1.33. The first-order valence-electron chi connectivity index (χ1n) is 6.28. The van der Waals surface area contributed by atoms with Crippen LogP contribution in [0, 0.1) is 0 Å². The first-order valence-corrected chi connectivity index (χ1v) is 7.23. The van der Waals surface area contributed by atoms with Gasteiger partial charge in [0.2, 0.25) is 5.95 Å². The molecule has 0 radical (unpaired) electrons. The minimum atomic E-state index is 1.06. The highest BCUT2D eigenvalue weighted by Gasteiger charge is 2.19. The lowest BCUT2D eigenvalue weighted by Crippen LogP contribution is -2.46. The lowest BCUT2D eigenvalue weighted by atomic mass is 10.2. The summed E-state index contributed by atoms with van der Waals surface area (Å²) in [6.45, 7) is 5.44. The molecule has 0 bridgehead atoms. The zero-order valence-corrected chi connectivity index (χ0v) is 11.4. The summed E-state index contributed by atoms with van der Waals surface area (Å²) < 4.78 is 2.09. The minimum Gasteiger partial charge on any atom is -0.340 e. The predicted molar refractivity (Wildman–Crippen MR) is 75.0 cm³/mol. The van der Waals surface area contributed by atoms with Gasteiger partial charge in [-0.2, -0.15) is 11.3 Å². The first kappa shape index (κ1) is 11.7. The molecule has 1 saturated heterocycles. The quantitative estimate of drug-likeness (QED) is 0.843. The van der Waals surface area contributed by atoms with Crippen LogP contribution >= 0.6 is 11.3 Å². The second-order valence-corrected chi connectivity index (χ2v) is 5.51. The van der Waals surface area contributed by atoms with Gasteiger partial charge in [-0.05, 0) is 22.4 Å². The molecule has 2 aromatic rings. The van der Waals surface area contributed by atoms with Gasteiger partial charge in [0.1, 0.15) is 0 Å². The van der Waals surface area contributed by atoms with Crippen molar-refractivity contribution >= 4 is 17.3 Å². The zero-order chi connectivity index (χ0) is 12.4. The smallest absolute Gasteiger partial charge is 0.205 e. The van der Waals surface area contributed by atoms with Crippen LogP contribution in [-0.2, 0) is 13.6 Å². The molecular formula is C13H18N4S. The molecule has 2 aromatic heterocycles. The van der Waals surface area contributed by atoms with Crippen molar-refractivity contribution in [3.05, 3.63) is 34.8 Å². The Balaban J connectivity index is 1.57. The zero-order valence-electron chi connectivity index (χ0n) is 10.6. The molecule has 0 aliphatic carbocycles. The van der Waals surface area contributed by atoms with E-state index in [4.69, 9.17) is 0 Å². The maximum Gasteiger partial charge on any atom is 0.205 e. The van der Waals surface area contributed by atoms with Crippen molar-refractivity contribution in [2.45, 2.75) is 6.54 Å². The van der Waals surface area contributed by atoms with E-state index in [1.807, 2.05) is 12.4 Å². The number of aryl methyl sites for hydroxylation is 1. The number of aromatic nitrogens is 2. The summed E-state index contributed by atoms with van der Waals surface area (Å²) >= 11 is 1.78. The third-order valence-electron chi connectivity index (χ3n) is 3.44. The summed E-state index contributed by atoms with van der Waals surface area (Å²) in [6, 6.07) is 2.22. The van der Waals surface area contributed by atoms with Crippen LogP contribution in [-0.4, -0.2) is 40.6 Å². The van der Waals surface area contributed by atoms with Crippen molar-refractivity contribution in [3.8, 4) is 0 Å². The number of piperazine rings is 1. The van der Waals surface area contributed by atoms with Crippen LogP contribution in [0.2, 0.25) is 0 Å². The van der Waals surface area contributed by atoms with Crippen LogP contribution in [0.25, 0.3) is 0 Å². The highest BCUT2D eigenvalue weighted by atomic mass is 32.1. The van der Waals surface area contributed by atoms with Crippen molar-refractivity contribution in [3.63, 3.8) is 0 Å². The monoisotopic (exact) mass is 262 g/mol. The Bertz CT molecular complexity index is 483. The molecule has 0 saturated carbocycles. The molecule has 96 valence electrons. The summed E-state index contributed by atoms with van der Waals surface area (Å²) in [6.07, 6.45) is 3.88. The summed E-state index contributed by atoms with van der Waals surface area (Å²) in [5.74, 6) is 1.09. The van der Waals surface area contributed by atoms with E-state index in [0.29, 0.717) is 0 Å². The molecule has 0 amide bonds. The minimum absolute atomic E-state index is 1.06. The van der Waals surface area contributed by atoms with Crippen LogP contribution in [0.1, 0.15) is 5.56 Å². The van der Waals surface area contributed by atoms with E-state index in [0.717, 1.165) is 38.7 Å². The predicted octanol–water partition coefficient (Wildman–Crippen LogP) is 1.80. The van der Waals surface area contributed by atoms with Gasteiger partial charge in [-0.1, -0.05) is 0 Å². The van der Waals surface area contributed by atoms with Gasteiger partial charge in [-0.15, -0.1) is 0 Å². The maximum absolute atomic E-state index is 4.41. The van der Waals surface area contributed by atoms with Gasteiger partial charge < -0.3 is 9.47 Å². The summed E-state index contributed by atoms with van der Waals surface area (Å²) in [7, 11) is 2.06. The van der Waals surface area contributed by atoms with E-state index < -0.39 is 0 Å². The topological polar surface area (TPSA) is 24.3 Å². The molecule has 5 heteroatoms. The number of rotatable bonds is 3. The van der Waals surface area contributed by atoms with E-state index in [1.54, 1.807) is 11.3 Å². The molecule has 1 fully saturated rings. The Morgan fingerprint density at radius 1 is 1.28 bits per heavy atom. The molecule has 1 aliphatic rings. The van der Waals surface area contributed by atoms with Crippen LogP contribution in [0.3, 0.4) is 0 Å². The molecule has 0 N–H and O–H groups in total. The molecule has 4 nitrogen and oxygen atoms in total. The number of imidazole rings is 1. The largest absolute Gasteiger partial charge is 0.340 e. The van der Waals surface area contributed by atoms with Crippen molar-refractivity contribution in [1.82, 2.24) is 14.5 Å². The number of nitrogens with zero attached hydrogens (tertiary/aromatic N) is 4. The van der Waals surface area contributed by atoms with Gasteiger partial charge in [-0.25, -0.2) is 4.98 Å². The van der Waals surface area contributed by atoms with Crippen molar-refractivity contribution in [2.24, 2.45) is 7.05 Å². The van der Waals surface area contributed by atoms with Crippen LogP contribution < -0.4 is 4.90 Å². The fourth-order valence-corrected chi connectivity index (χ4v) is 3.07. The summed E-state index contributed by atoms with van der Waals surface area (Å²) in [5.41, 5.74) is 1.44. The Labute approximate surface area is 111 Å². The van der Waals surface area contributed by atoms with E-state index >= 15 is 0 Å². The second-order valence-electron chi connectivity index (χ2n) is 4.73. The van der Waals surface area contributed by atoms with Crippen molar-refractivity contribution < 1.29 is 0 Å². The van der Waals surface area contributed by atoms with Crippen LogP contribution in [0.5, 0.6) is 0 Å². The fourth-order valence-electron chi connectivity index (χ4n) is 2.41. The van der Waals surface area contributed by atoms with Crippen molar-refractivity contribution in [2.75, 3.05) is 31.1 Å². The normalized spacial score (nSPS) is 17.3. The molecule has 3 rings (SSSR count). The summed E-state index contributed by atoms with van der Waals surface area (Å²) in [5, 5.41) is 4.39. The van der Waals surface area contributed by atoms with E-state index in [2.05, 4.69) is 43.2 Å². The van der Waals surface area contributed by atoms with Crippen LogP contribution in [0.4, 0.5) is 5.95 Å². The number of hydrogen-bond donors (Lipinski definition) is 0. The number of thiophene rings is 1. The number of hydrogen-bond acceptors (Lipinski definition) is 4. The maximum atomic E-state index is 4.41. The van der Waals surface area contributed by atoms with Gasteiger partial charge in [-0.3, -0.25) is 4.90 Å². The molecule has 18 heavy (non-hydrogen) atoms. The van der Waals surface area contributed by atoms with Crippen molar-refractivity contribution in [1.29, 1.82) is 0 Å². The first-order chi connectivity index (χ1) is 8.83. The SMILES string of the molecule is Cn1ccnc1N1CCN(Cc2ccsc2)CC1. The molecule has 3 heterocycles. The fraction of sp³-hybridized carbons (Fsp3) is 0.462. The van der Waals surface area contributed by atoms with Gasteiger partial charge in [0.05, 0.1) is 0 Å². The molecular weight excluding hydrogens is 244 g/mol. The molecule has 1 aliphatic heterocycles. The van der Waals surface area contributed by atoms with E-state index in [9.17, 15) is 0 Å². The van der Waals surface area contributed by atoms with E-state index in [-0.39, 0.29) is 0 Å². The molecule has 0 atom stereocenters. The van der Waals surface area contributed by atoms with Gasteiger partial charge >= 0.3 is 0 Å². The third kappa shape index (κ3) is 2.42. The Kier molecular flexibility index (Phi) is 3.34. The summed E-state index contributed by atoms with van der Waals surface area (Å²) in [4.78, 5) is 9.29. The molecule has 0 unspecified atom stereocenters. The molecule has 0 aromatic carbocycles. The third-order valence-corrected chi connectivity index (χ3v) is 4.17. The van der Waals surface area contributed by atoms with Gasteiger partial charge in [0, 0.05) is 52.2 Å². The average Bonchev–Trinajstić information content (AvgIpc) is 3.02. The molecule has 0 spiro atoms. The Morgan fingerprint density at radius 3 is 2.72 bits per heavy atom. The van der Waals surface area contributed by atoms with Crippen LogP contribution in [0.15, 0.2) is 29.2 Å². The number of anilines is 1. The lowest BCUT2D eigenvalue weighted by molar-refractivity contribution is 0.248. The lowest BCUT2D eigenvalue weighted by Gasteiger charge is -2.35. The Morgan fingerprint density at radius 2 is 2.11 bits per heavy atom. The highest BCUT2D eigenvalue weighted by Crippen LogP contribution is 2.15. The highest BCUT2D eigenvalue weighted by molar-refractivity contribution is 7.07. The van der Waals surface area contributed by atoms with Gasteiger partial charge in [0.25, 0.3) is 0 Å². The van der Waals surface area contributed by atoms with Gasteiger partial charge in [0.15, 0.2) is 0 Å². The second kappa shape index (κ2) is 5.12.